The molecule has 2 aromatic heterocycles. The van der Waals surface area contributed by atoms with E-state index in [2.05, 4.69) is 32.5 Å². The first kappa shape index (κ1) is 15.7. The third-order valence-corrected chi connectivity index (χ3v) is 4.45. The van der Waals surface area contributed by atoms with Gasteiger partial charge in [-0.3, -0.25) is 14.4 Å². The van der Waals surface area contributed by atoms with Gasteiger partial charge in [-0.2, -0.15) is 5.10 Å². The summed E-state index contributed by atoms with van der Waals surface area (Å²) >= 11 is 0. The maximum absolute atomic E-state index is 12.1. The zero-order chi connectivity index (χ0) is 16.7. The zero-order valence-corrected chi connectivity index (χ0v) is 14.4. The molecule has 7 nitrogen and oxygen atoms in total. The molecule has 0 aromatic carbocycles. The predicted octanol–water partition coefficient (Wildman–Crippen LogP) is 1.20. The molecule has 3 heterocycles. The number of carbonyl (C=O) groups excluding carboxylic acids is 1. The molecule has 7 heteroatoms. The highest BCUT2D eigenvalue weighted by atomic mass is 16.2. The standard InChI is InChI=1S/C16H24N6O/c1-11-8-13(20(5)18-11)9-21-6-7-22-10-14(16(23)19(3)4)17-15(22)12(21)2/h8,10,12H,6-7,9H2,1-5H3/t12-/m0/s1. The van der Waals surface area contributed by atoms with Crippen molar-refractivity contribution in [3.8, 4) is 0 Å². The lowest BCUT2D eigenvalue weighted by Gasteiger charge is -2.33. The third kappa shape index (κ3) is 2.88. The first-order chi connectivity index (χ1) is 10.9. The molecule has 1 aliphatic rings. The number of aryl methyl sites for hydroxylation is 2. The summed E-state index contributed by atoms with van der Waals surface area (Å²) < 4.78 is 4.04. The summed E-state index contributed by atoms with van der Waals surface area (Å²) in [5, 5.41) is 4.41. The van der Waals surface area contributed by atoms with Crippen molar-refractivity contribution in [2.24, 2.45) is 7.05 Å². The first-order valence-electron chi connectivity index (χ1n) is 7.89. The van der Waals surface area contributed by atoms with Crippen LogP contribution < -0.4 is 0 Å². The summed E-state index contributed by atoms with van der Waals surface area (Å²) in [6, 6.07) is 2.29. The van der Waals surface area contributed by atoms with Gasteiger partial charge in [0.25, 0.3) is 5.91 Å². The Morgan fingerprint density at radius 3 is 2.74 bits per heavy atom. The molecule has 0 N–H and O–H groups in total. The minimum absolute atomic E-state index is 0.0482. The van der Waals surface area contributed by atoms with Gasteiger partial charge in [0.05, 0.1) is 17.4 Å². The normalized spacial score (nSPS) is 18.0. The van der Waals surface area contributed by atoms with Gasteiger partial charge in [-0.15, -0.1) is 0 Å². The van der Waals surface area contributed by atoms with Crippen LogP contribution in [0.2, 0.25) is 0 Å². The van der Waals surface area contributed by atoms with E-state index >= 15 is 0 Å². The third-order valence-electron chi connectivity index (χ3n) is 4.45. The molecule has 1 aliphatic heterocycles. The van der Waals surface area contributed by atoms with Gasteiger partial charge in [0.15, 0.2) is 0 Å². The summed E-state index contributed by atoms with van der Waals surface area (Å²) in [7, 11) is 5.48. The van der Waals surface area contributed by atoms with E-state index in [0.717, 1.165) is 31.2 Å². The lowest BCUT2D eigenvalue weighted by atomic mass is 10.2. The van der Waals surface area contributed by atoms with Crippen molar-refractivity contribution in [3.63, 3.8) is 0 Å². The molecular weight excluding hydrogens is 292 g/mol. The maximum Gasteiger partial charge on any atom is 0.273 e. The number of nitrogens with zero attached hydrogens (tertiary/aromatic N) is 6. The van der Waals surface area contributed by atoms with E-state index < -0.39 is 0 Å². The van der Waals surface area contributed by atoms with E-state index in [0.29, 0.717) is 5.69 Å². The Labute approximate surface area is 136 Å². The molecule has 124 valence electrons. The van der Waals surface area contributed by atoms with Crippen molar-refractivity contribution < 1.29 is 4.79 Å². The minimum Gasteiger partial charge on any atom is -0.343 e. The Hall–Kier alpha value is -2.15. The molecule has 0 fully saturated rings. The van der Waals surface area contributed by atoms with Crippen LogP contribution in [0.15, 0.2) is 12.3 Å². The van der Waals surface area contributed by atoms with E-state index in [1.165, 1.54) is 5.69 Å². The van der Waals surface area contributed by atoms with Crippen LogP contribution in [0.5, 0.6) is 0 Å². The van der Waals surface area contributed by atoms with Crippen LogP contribution in [0.3, 0.4) is 0 Å². The van der Waals surface area contributed by atoms with E-state index in [1.54, 1.807) is 19.0 Å². The number of amides is 1. The predicted molar refractivity (Wildman–Crippen MR) is 87.0 cm³/mol. The molecule has 0 radical (unpaired) electrons. The van der Waals surface area contributed by atoms with Crippen molar-refractivity contribution in [1.29, 1.82) is 0 Å². The Kier molecular flexibility index (Phi) is 3.97. The van der Waals surface area contributed by atoms with Crippen LogP contribution in [0.1, 0.15) is 40.7 Å². The first-order valence-corrected chi connectivity index (χ1v) is 7.89. The van der Waals surface area contributed by atoms with Crippen LogP contribution in [0.4, 0.5) is 0 Å². The molecule has 0 bridgehead atoms. The van der Waals surface area contributed by atoms with Crippen LogP contribution in [0.25, 0.3) is 0 Å². The van der Waals surface area contributed by atoms with Gasteiger partial charge >= 0.3 is 0 Å². The van der Waals surface area contributed by atoms with Gasteiger partial charge in [0.1, 0.15) is 11.5 Å². The fourth-order valence-electron chi connectivity index (χ4n) is 3.10. The molecule has 3 rings (SSSR count). The van der Waals surface area contributed by atoms with E-state index in [1.807, 2.05) is 24.9 Å². The number of hydrogen-bond acceptors (Lipinski definition) is 4. The Morgan fingerprint density at radius 2 is 2.13 bits per heavy atom. The fourth-order valence-corrected chi connectivity index (χ4v) is 3.10. The largest absolute Gasteiger partial charge is 0.343 e. The van der Waals surface area contributed by atoms with Crippen LogP contribution in [-0.2, 0) is 20.1 Å². The average Bonchev–Trinajstić information content (AvgIpc) is 3.05. The van der Waals surface area contributed by atoms with Crippen molar-refractivity contribution in [2.45, 2.75) is 33.0 Å². The molecule has 0 spiro atoms. The Morgan fingerprint density at radius 1 is 1.39 bits per heavy atom. The molecule has 0 saturated carbocycles. The summed E-state index contributed by atoms with van der Waals surface area (Å²) in [6.45, 7) is 6.77. The smallest absolute Gasteiger partial charge is 0.273 e. The Bertz CT molecular complexity index is 729. The van der Waals surface area contributed by atoms with Gasteiger partial charge in [-0.1, -0.05) is 0 Å². The SMILES string of the molecule is Cc1cc(CN2CCn3cc(C(=O)N(C)C)nc3[C@@H]2C)n(C)n1. The second kappa shape index (κ2) is 5.81. The monoisotopic (exact) mass is 316 g/mol. The Balaban J connectivity index is 1.81. The van der Waals surface area contributed by atoms with Crippen LogP contribution in [-0.4, -0.2) is 55.7 Å². The maximum atomic E-state index is 12.1. The number of carbonyl (C=O) groups is 1. The lowest BCUT2D eigenvalue weighted by molar-refractivity contribution is 0.0822. The lowest BCUT2D eigenvalue weighted by Crippen LogP contribution is -2.36. The fraction of sp³-hybridized carbons (Fsp3) is 0.562. The van der Waals surface area contributed by atoms with Gasteiger partial charge in [0, 0.05) is 47.0 Å². The number of imidazole rings is 1. The quantitative estimate of drug-likeness (QED) is 0.854. The average molecular weight is 316 g/mol. The van der Waals surface area contributed by atoms with E-state index in [9.17, 15) is 4.79 Å². The van der Waals surface area contributed by atoms with E-state index in [-0.39, 0.29) is 11.9 Å². The van der Waals surface area contributed by atoms with Crippen molar-refractivity contribution in [1.82, 2.24) is 29.1 Å². The second-order valence-corrected chi connectivity index (χ2v) is 6.42. The van der Waals surface area contributed by atoms with Gasteiger partial charge < -0.3 is 9.47 Å². The summed E-state index contributed by atoms with van der Waals surface area (Å²) in [5.74, 6) is 0.910. The van der Waals surface area contributed by atoms with Crippen LogP contribution >= 0.6 is 0 Å². The van der Waals surface area contributed by atoms with Crippen molar-refractivity contribution in [2.75, 3.05) is 20.6 Å². The molecule has 0 aliphatic carbocycles. The second-order valence-electron chi connectivity index (χ2n) is 6.42. The van der Waals surface area contributed by atoms with Gasteiger partial charge in [-0.05, 0) is 19.9 Å². The number of aromatic nitrogens is 4. The molecule has 2 aromatic rings. The highest BCUT2D eigenvalue weighted by Gasteiger charge is 2.28. The van der Waals surface area contributed by atoms with E-state index in [4.69, 9.17) is 0 Å². The molecule has 23 heavy (non-hydrogen) atoms. The molecule has 0 saturated heterocycles. The van der Waals surface area contributed by atoms with Crippen LogP contribution in [0, 0.1) is 6.92 Å². The van der Waals surface area contributed by atoms with Gasteiger partial charge in [-0.25, -0.2) is 4.98 Å². The zero-order valence-electron chi connectivity index (χ0n) is 14.4. The van der Waals surface area contributed by atoms with Gasteiger partial charge in [0.2, 0.25) is 0 Å². The topological polar surface area (TPSA) is 59.2 Å². The number of hydrogen-bond donors (Lipinski definition) is 0. The molecular formula is C16H24N6O. The van der Waals surface area contributed by atoms with Crippen molar-refractivity contribution in [3.05, 3.63) is 35.2 Å². The minimum atomic E-state index is -0.0482. The molecule has 1 atom stereocenters. The molecule has 1 amide bonds. The number of rotatable bonds is 3. The molecule has 0 unspecified atom stereocenters. The highest BCUT2D eigenvalue weighted by Crippen LogP contribution is 2.26. The summed E-state index contributed by atoms with van der Waals surface area (Å²) in [5.41, 5.74) is 2.75. The number of fused-ring (bicyclic) bond motifs is 1. The highest BCUT2D eigenvalue weighted by molar-refractivity contribution is 5.91. The summed E-state index contributed by atoms with van der Waals surface area (Å²) in [4.78, 5) is 20.6. The van der Waals surface area contributed by atoms with Crippen molar-refractivity contribution >= 4 is 5.91 Å². The summed E-state index contributed by atoms with van der Waals surface area (Å²) in [6.07, 6.45) is 1.87.